The van der Waals surface area contributed by atoms with E-state index >= 15 is 0 Å². The quantitative estimate of drug-likeness (QED) is 0.876. The van der Waals surface area contributed by atoms with E-state index in [2.05, 4.69) is 10.3 Å². The number of hydrogen-bond donors (Lipinski definition) is 1. The number of para-hydroxylation sites is 1. The highest BCUT2D eigenvalue weighted by molar-refractivity contribution is 5.99. The van der Waals surface area contributed by atoms with Gasteiger partial charge in [-0.3, -0.25) is 9.78 Å². The molecule has 0 saturated carbocycles. The minimum absolute atomic E-state index is 0. The van der Waals surface area contributed by atoms with E-state index in [1.807, 2.05) is 47.5 Å². The average molecular weight is 388 g/mol. The summed E-state index contributed by atoms with van der Waals surface area (Å²) in [6.07, 6.45) is 5.48. The zero-order valence-electron chi connectivity index (χ0n) is 15.1. The van der Waals surface area contributed by atoms with Crippen LogP contribution in [0.25, 0.3) is 6.08 Å². The third kappa shape index (κ3) is 3.77. The lowest BCUT2D eigenvalue weighted by atomic mass is 10.0. The van der Waals surface area contributed by atoms with Crippen LogP contribution in [0.2, 0.25) is 0 Å². The fourth-order valence-corrected chi connectivity index (χ4v) is 3.47. The number of nitrogens with zero attached hydrogens (tertiary/aromatic N) is 2. The maximum Gasteiger partial charge on any atom is 0.253 e. The van der Waals surface area contributed by atoms with Gasteiger partial charge in [0.2, 0.25) is 0 Å². The fraction of sp³-hybridized carbons (Fsp3) is 0.300. The number of halogens is 1. The van der Waals surface area contributed by atoms with Crippen molar-refractivity contribution in [2.75, 3.05) is 33.4 Å². The van der Waals surface area contributed by atoms with E-state index in [9.17, 15) is 4.79 Å². The van der Waals surface area contributed by atoms with E-state index < -0.39 is 0 Å². The lowest BCUT2D eigenvalue weighted by molar-refractivity contribution is -0.130. The molecule has 142 valence electrons. The van der Waals surface area contributed by atoms with Gasteiger partial charge in [-0.15, -0.1) is 12.4 Å². The number of hydrogen-bond acceptors (Lipinski definition) is 5. The van der Waals surface area contributed by atoms with Crippen molar-refractivity contribution in [3.8, 4) is 11.5 Å². The molecule has 1 N–H and O–H groups in total. The van der Waals surface area contributed by atoms with Crippen molar-refractivity contribution in [3.63, 3.8) is 0 Å². The van der Waals surface area contributed by atoms with Crippen molar-refractivity contribution in [2.24, 2.45) is 0 Å². The van der Waals surface area contributed by atoms with Gasteiger partial charge in [-0.05, 0) is 23.8 Å². The zero-order valence-corrected chi connectivity index (χ0v) is 15.9. The van der Waals surface area contributed by atoms with Gasteiger partial charge in [0.1, 0.15) is 6.61 Å². The summed E-state index contributed by atoms with van der Waals surface area (Å²) >= 11 is 0. The van der Waals surface area contributed by atoms with Gasteiger partial charge in [0, 0.05) is 37.6 Å². The molecule has 1 atom stereocenters. The van der Waals surface area contributed by atoms with Crippen molar-refractivity contribution in [1.82, 2.24) is 15.2 Å². The second-order valence-corrected chi connectivity index (χ2v) is 6.34. The number of methoxy groups -OCH3 is 1. The van der Waals surface area contributed by atoms with Crippen molar-refractivity contribution < 1.29 is 14.3 Å². The van der Waals surface area contributed by atoms with Crippen LogP contribution >= 0.6 is 12.4 Å². The summed E-state index contributed by atoms with van der Waals surface area (Å²) in [6, 6.07) is 9.57. The first-order valence-corrected chi connectivity index (χ1v) is 8.70. The molecule has 2 aliphatic heterocycles. The summed E-state index contributed by atoms with van der Waals surface area (Å²) in [7, 11) is 1.61. The summed E-state index contributed by atoms with van der Waals surface area (Å²) < 4.78 is 11.2. The highest BCUT2D eigenvalue weighted by Crippen LogP contribution is 2.36. The average Bonchev–Trinajstić information content (AvgIpc) is 2.73. The maximum absolute atomic E-state index is 13.2. The lowest BCUT2D eigenvalue weighted by Crippen LogP contribution is -2.49. The van der Waals surface area contributed by atoms with Crippen molar-refractivity contribution in [2.45, 2.75) is 6.04 Å². The Morgan fingerprint density at radius 1 is 1.33 bits per heavy atom. The Kier molecular flexibility index (Phi) is 5.98. The third-order valence-corrected chi connectivity index (χ3v) is 4.78. The maximum atomic E-state index is 13.2. The molecule has 0 radical (unpaired) electrons. The van der Waals surface area contributed by atoms with Gasteiger partial charge < -0.3 is 19.7 Å². The highest BCUT2D eigenvalue weighted by Gasteiger charge is 2.31. The second-order valence-electron chi connectivity index (χ2n) is 6.34. The molecule has 0 bridgehead atoms. The molecule has 1 unspecified atom stereocenters. The first kappa shape index (κ1) is 19.2. The molecule has 4 rings (SSSR count). The summed E-state index contributed by atoms with van der Waals surface area (Å²) in [4.78, 5) is 19.3. The number of amides is 1. The van der Waals surface area contributed by atoms with E-state index in [4.69, 9.17) is 9.47 Å². The SMILES string of the molecule is COc1cccc2c1OCC(C(=O)N1CCNCC1c1cccnc1)=C2.Cl. The first-order chi connectivity index (χ1) is 12.8. The van der Waals surface area contributed by atoms with Gasteiger partial charge in [0.15, 0.2) is 11.5 Å². The van der Waals surface area contributed by atoms with Crippen LogP contribution in [0.3, 0.4) is 0 Å². The molecule has 7 heteroatoms. The van der Waals surface area contributed by atoms with Gasteiger partial charge in [-0.1, -0.05) is 18.2 Å². The largest absolute Gasteiger partial charge is 0.493 e. The van der Waals surface area contributed by atoms with Crippen molar-refractivity contribution >= 4 is 24.4 Å². The molecule has 1 fully saturated rings. The lowest BCUT2D eigenvalue weighted by Gasteiger charge is -2.37. The molecule has 3 heterocycles. The van der Waals surface area contributed by atoms with Gasteiger partial charge in [-0.2, -0.15) is 0 Å². The Morgan fingerprint density at radius 2 is 2.22 bits per heavy atom. The van der Waals surface area contributed by atoms with E-state index in [0.717, 1.165) is 24.2 Å². The number of nitrogens with one attached hydrogen (secondary N) is 1. The number of piperazine rings is 1. The van der Waals surface area contributed by atoms with Gasteiger partial charge in [-0.25, -0.2) is 0 Å². The molecule has 0 aliphatic carbocycles. The van der Waals surface area contributed by atoms with Gasteiger partial charge in [0.05, 0.1) is 18.7 Å². The Hall–Kier alpha value is -2.57. The Labute approximate surface area is 164 Å². The van der Waals surface area contributed by atoms with Gasteiger partial charge >= 0.3 is 0 Å². The Balaban J connectivity index is 0.00000210. The summed E-state index contributed by atoms with van der Waals surface area (Å²) in [6.45, 7) is 2.40. The van der Waals surface area contributed by atoms with Crippen LogP contribution < -0.4 is 14.8 Å². The van der Waals surface area contributed by atoms with Crippen LogP contribution in [-0.2, 0) is 4.79 Å². The summed E-state index contributed by atoms with van der Waals surface area (Å²) in [5, 5.41) is 3.36. The number of rotatable bonds is 3. The molecular formula is C20H22ClN3O3. The molecule has 0 spiro atoms. The molecule has 1 saturated heterocycles. The van der Waals surface area contributed by atoms with E-state index in [1.165, 1.54) is 0 Å². The zero-order chi connectivity index (χ0) is 17.9. The number of pyridine rings is 1. The van der Waals surface area contributed by atoms with Crippen molar-refractivity contribution in [3.05, 3.63) is 59.4 Å². The molecule has 1 amide bonds. The topological polar surface area (TPSA) is 63.7 Å². The van der Waals surface area contributed by atoms with Crippen LogP contribution in [0.1, 0.15) is 17.2 Å². The van der Waals surface area contributed by atoms with Crippen LogP contribution in [0.5, 0.6) is 11.5 Å². The van der Waals surface area contributed by atoms with Gasteiger partial charge in [0.25, 0.3) is 5.91 Å². The monoisotopic (exact) mass is 387 g/mol. The van der Waals surface area contributed by atoms with Crippen LogP contribution in [0, 0.1) is 0 Å². The fourth-order valence-electron chi connectivity index (χ4n) is 3.47. The predicted molar refractivity (Wildman–Crippen MR) is 105 cm³/mol. The normalized spacial score (nSPS) is 18.5. The standard InChI is InChI=1S/C20H21N3O3.ClH/c1-25-18-6-2-4-14-10-16(13-26-19(14)18)20(24)23-9-8-22-12-17(23)15-5-3-7-21-11-15;/h2-7,10-11,17,22H,8-9,12-13H2,1H3;1H. The summed E-state index contributed by atoms with van der Waals surface area (Å²) in [5.74, 6) is 1.38. The molecule has 2 aliphatic rings. The number of carbonyl (C=O) groups excluding carboxylic acids is 1. The molecule has 2 aromatic rings. The summed E-state index contributed by atoms with van der Waals surface area (Å²) in [5.41, 5.74) is 2.56. The number of fused-ring (bicyclic) bond motifs is 1. The minimum atomic E-state index is -0.0300. The minimum Gasteiger partial charge on any atom is -0.493 e. The number of ether oxygens (including phenoxy) is 2. The first-order valence-electron chi connectivity index (χ1n) is 8.70. The van der Waals surface area contributed by atoms with E-state index in [-0.39, 0.29) is 31.0 Å². The van der Waals surface area contributed by atoms with Crippen LogP contribution in [-0.4, -0.2) is 49.1 Å². The predicted octanol–water partition coefficient (Wildman–Crippen LogP) is 2.46. The molecule has 6 nitrogen and oxygen atoms in total. The molecule has 1 aromatic heterocycles. The molecular weight excluding hydrogens is 366 g/mol. The Morgan fingerprint density at radius 3 is 3.00 bits per heavy atom. The second kappa shape index (κ2) is 8.41. The third-order valence-electron chi connectivity index (χ3n) is 4.78. The van der Waals surface area contributed by atoms with Crippen LogP contribution in [0.15, 0.2) is 48.3 Å². The van der Waals surface area contributed by atoms with Crippen LogP contribution in [0.4, 0.5) is 0 Å². The molecule has 1 aromatic carbocycles. The number of aromatic nitrogens is 1. The Bertz CT molecular complexity index is 842. The highest BCUT2D eigenvalue weighted by atomic mass is 35.5. The molecule has 27 heavy (non-hydrogen) atoms. The van der Waals surface area contributed by atoms with Crippen molar-refractivity contribution in [1.29, 1.82) is 0 Å². The van der Waals surface area contributed by atoms with E-state index in [1.54, 1.807) is 13.3 Å². The number of benzene rings is 1. The number of carbonyl (C=O) groups is 1. The smallest absolute Gasteiger partial charge is 0.253 e. The van der Waals surface area contributed by atoms with E-state index in [0.29, 0.717) is 23.6 Å².